The lowest BCUT2D eigenvalue weighted by Gasteiger charge is -2.35. The molecule has 142 valence electrons. The van der Waals surface area contributed by atoms with Gasteiger partial charge in [-0.15, -0.1) is 11.3 Å². The predicted molar refractivity (Wildman–Crippen MR) is 108 cm³/mol. The number of thiophene rings is 1. The first-order chi connectivity index (χ1) is 13.5. The molecule has 0 bridgehead atoms. The Balaban J connectivity index is 1.54. The maximum atomic E-state index is 13.7. The number of carbonyl (C=O) groups is 2. The topological polar surface area (TPSA) is 49.4 Å². The molecule has 1 aromatic heterocycles. The van der Waals surface area contributed by atoms with Crippen molar-refractivity contribution < 1.29 is 14.0 Å². The van der Waals surface area contributed by atoms with Crippen LogP contribution in [0.2, 0.25) is 0 Å². The molecule has 6 heteroatoms. The van der Waals surface area contributed by atoms with Gasteiger partial charge >= 0.3 is 0 Å². The summed E-state index contributed by atoms with van der Waals surface area (Å²) < 4.78 is 13.7. The van der Waals surface area contributed by atoms with Gasteiger partial charge in [0.1, 0.15) is 5.82 Å². The predicted octanol–water partition coefficient (Wildman–Crippen LogP) is 4.90. The van der Waals surface area contributed by atoms with Crippen LogP contribution in [0.5, 0.6) is 0 Å². The van der Waals surface area contributed by atoms with E-state index in [1.165, 1.54) is 23.5 Å². The molecule has 1 unspecified atom stereocenters. The van der Waals surface area contributed by atoms with E-state index in [2.05, 4.69) is 5.32 Å². The van der Waals surface area contributed by atoms with Crippen LogP contribution in [0.25, 0.3) is 0 Å². The smallest absolute Gasteiger partial charge is 0.265 e. The number of rotatable bonds is 3. The van der Waals surface area contributed by atoms with Crippen LogP contribution in [-0.2, 0) is 6.42 Å². The molecule has 4 nitrogen and oxygen atoms in total. The lowest BCUT2D eigenvalue weighted by molar-refractivity contribution is 0.0677. The van der Waals surface area contributed by atoms with E-state index in [1.54, 1.807) is 41.3 Å². The number of nitrogens with zero attached hydrogens (tertiary/aromatic N) is 1. The van der Waals surface area contributed by atoms with Crippen molar-refractivity contribution in [3.63, 3.8) is 0 Å². The highest BCUT2D eigenvalue weighted by atomic mass is 32.1. The molecule has 0 spiro atoms. The highest BCUT2D eigenvalue weighted by molar-refractivity contribution is 7.12. The van der Waals surface area contributed by atoms with Crippen LogP contribution in [0.4, 0.5) is 10.1 Å². The highest BCUT2D eigenvalue weighted by Gasteiger charge is 2.28. The van der Waals surface area contributed by atoms with E-state index in [1.807, 2.05) is 18.4 Å². The largest absolute Gasteiger partial charge is 0.332 e. The maximum Gasteiger partial charge on any atom is 0.265 e. The molecule has 0 saturated carbocycles. The van der Waals surface area contributed by atoms with Crippen LogP contribution >= 0.6 is 11.3 Å². The summed E-state index contributed by atoms with van der Waals surface area (Å²) in [5, 5.41) is 4.67. The lowest BCUT2D eigenvalue weighted by Crippen LogP contribution is -2.39. The van der Waals surface area contributed by atoms with Gasteiger partial charge in [-0.05, 0) is 66.2 Å². The Hall–Kier alpha value is -2.99. The summed E-state index contributed by atoms with van der Waals surface area (Å²) in [4.78, 5) is 27.7. The van der Waals surface area contributed by atoms with Gasteiger partial charge in [0.2, 0.25) is 0 Å². The number of benzene rings is 2. The standard InChI is InChI=1S/C22H19FN2O2S/c1-14-19-13-17(23)8-7-15(19)9-10-25(14)22(27)16-4-2-5-18(12-16)24-21(26)20-6-3-11-28-20/h2-8,11-14H,9-10H2,1H3,(H,24,26). The first kappa shape index (κ1) is 18.4. The quantitative estimate of drug-likeness (QED) is 0.687. The molecule has 2 aromatic carbocycles. The minimum Gasteiger partial charge on any atom is -0.332 e. The van der Waals surface area contributed by atoms with E-state index in [0.717, 1.165) is 11.1 Å². The summed E-state index contributed by atoms with van der Waals surface area (Å²) in [7, 11) is 0. The molecule has 1 aliphatic rings. The molecule has 0 saturated heterocycles. The van der Waals surface area contributed by atoms with Crippen LogP contribution in [0.15, 0.2) is 60.0 Å². The molecule has 3 aromatic rings. The van der Waals surface area contributed by atoms with Crippen LogP contribution in [0.1, 0.15) is 44.1 Å². The van der Waals surface area contributed by atoms with Gasteiger partial charge in [-0.2, -0.15) is 0 Å². The van der Waals surface area contributed by atoms with E-state index in [-0.39, 0.29) is 23.7 Å². The number of carbonyl (C=O) groups excluding carboxylic acids is 2. The van der Waals surface area contributed by atoms with Crippen LogP contribution in [0, 0.1) is 5.82 Å². The summed E-state index contributed by atoms with van der Waals surface area (Å²) in [6.07, 6.45) is 0.695. The molecule has 0 fully saturated rings. The van der Waals surface area contributed by atoms with Crippen molar-refractivity contribution in [2.75, 3.05) is 11.9 Å². The zero-order valence-corrected chi connectivity index (χ0v) is 16.1. The fraction of sp³-hybridized carbons (Fsp3) is 0.182. The molecule has 1 aliphatic heterocycles. The minimum atomic E-state index is -0.293. The van der Waals surface area contributed by atoms with Gasteiger partial charge < -0.3 is 10.2 Å². The SMILES string of the molecule is CC1c2cc(F)ccc2CCN1C(=O)c1cccc(NC(=O)c2cccs2)c1. The van der Waals surface area contributed by atoms with Crippen molar-refractivity contribution in [1.82, 2.24) is 4.90 Å². The second-order valence-electron chi connectivity index (χ2n) is 6.78. The van der Waals surface area contributed by atoms with E-state index in [0.29, 0.717) is 29.1 Å². The Morgan fingerprint density at radius 2 is 2.00 bits per heavy atom. The number of hydrogen-bond acceptors (Lipinski definition) is 3. The third-order valence-corrected chi connectivity index (χ3v) is 5.89. The highest BCUT2D eigenvalue weighted by Crippen LogP contribution is 2.31. The van der Waals surface area contributed by atoms with E-state index in [4.69, 9.17) is 0 Å². The van der Waals surface area contributed by atoms with Crippen molar-refractivity contribution in [3.05, 3.63) is 87.4 Å². The Morgan fingerprint density at radius 1 is 1.14 bits per heavy atom. The molecule has 28 heavy (non-hydrogen) atoms. The molecule has 4 rings (SSSR count). The second kappa shape index (κ2) is 7.56. The summed E-state index contributed by atoms with van der Waals surface area (Å²) in [6.45, 7) is 2.49. The van der Waals surface area contributed by atoms with Gasteiger partial charge in [0.15, 0.2) is 0 Å². The number of hydrogen-bond donors (Lipinski definition) is 1. The molecule has 1 N–H and O–H groups in total. The average Bonchev–Trinajstić information content (AvgIpc) is 3.23. The Labute approximate surface area is 166 Å². The summed E-state index contributed by atoms with van der Waals surface area (Å²) in [6, 6.07) is 15.0. The third kappa shape index (κ3) is 3.55. The molecular formula is C22H19FN2O2S. The zero-order valence-electron chi connectivity index (χ0n) is 15.3. The van der Waals surface area contributed by atoms with Crippen molar-refractivity contribution in [3.8, 4) is 0 Å². The van der Waals surface area contributed by atoms with E-state index in [9.17, 15) is 14.0 Å². The Bertz CT molecular complexity index is 1030. The van der Waals surface area contributed by atoms with Crippen molar-refractivity contribution in [2.45, 2.75) is 19.4 Å². The Kier molecular flexibility index (Phi) is 4.96. The fourth-order valence-electron chi connectivity index (χ4n) is 3.56. The summed E-state index contributed by atoms with van der Waals surface area (Å²) >= 11 is 1.36. The molecular weight excluding hydrogens is 375 g/mol. The van der Waals surface area contributed by atoms with Crippen molar-refractivity contribution in [2.24, 2.45) is 0 Å². The molecule has 0 radical (unpaired) electrons. The molecule has 1 atom stereocenters. The number of halogens is 1. The lowest BCUT2D eigenvalue weighted by atomic mass is 9.93. The van der Waals surface area contributed by atoms with E-state index < -0.39 is 0 Å². The van der Waals surface area contributed by atoms with Crippen LogP contribution in [-0.4, -0.2) is 23.3 Å². The van der Waals surface area contributed by atoms with Crippen LogP contribution < -0.4 is 5.32 Å². The van der Waals surface area contributed by atoms with Crippen LogP contribution in [0.3, 0.4) is 0 Å². The average molecular weight is 394 g/mol. The van der Waals surface area contributed by atoms with Crippen molar-refractivity contribution in [1.29, 1.82) is 0 Å². The Morgan fingerprint density at radius 3 is 2.79 bits per heavy atom. The third-order valence-electron chi connectivity index (χ3n) is 5.02. The fourth-order valence-corrected chi connectivity index (χ4v) is 4.18. The maximum absolute atomic E-state index is 13.7. The van der Waals surface area contributed by atoms with Gasteiger partial charge in [0.25, 0.3) is 11.8 Å². The van der Waals surface area contributed by atoms with Gasteiger partial charge in [-0.1, -0.05) is 18.2 Å². The second-order valence-corrected chi connectivity index (χ2v) is 7.73. The number of anilines is 1. The minimum absolute atomic E-state index is 0.130. The van der Waals surface area contributed by atoms with E-state index >= 15 is 0 Å². The molecule has 2 heterocycles. The first-order valence-corrected chi connectivity index (χ1v) is 9.95. The van der Waals surface area contributed by atoms with Gasteiger partial charge in [0.05, 0.1) is 10.9 Å². The number of amides is 2. The van der Waals surface area contributed by atoms with Gasteiger partial charge in [0, 0.05) is 17.8 Å². The molecule has 2 amide bonds. The summed E-state index contributed by atoms with van der Waals surface area (Å²) in [5.74, 6) is -0.622. The first-order valence-electron chi connectivity index (χ1n) is 9.07. The van der Waals surface area contributed by atoms with Gasteiger partial charge in [-0.3, -0.25) is 9.59 Å². The number of fused-ring (bicyclic) bond motifs is 1. The monoisotopic (exact) mass is 394 g/mol. The molecule has 0 aliphatic carbocycles. The zero-order chi connectivity index (χ0) is 19.7. The van der Waals surface area contributed by atoms with Crippen molar-refractivity contribution >= 4 is 28.8 Å². The number of nitrogens with one attached hydrogen (secondary N) is 1. The normalized spacial score (nSPS) is 15.8. The van der Waals surface area contributed by atoms with Gasteiger partial charge in [-0.25, -0.2) is 4.39 Å². The summed E-state index contributed by atoms with van der Waals surface area (Å²) in [5.41, 5.74) is 2.99.